The van der Waals surface area contributed by atoms with Crippen molar-refractivity contribution >= 4 is 38.7 Å². The Hall–Kier alpha value is -2.58. The third kappa shape index (κ3) is 6.29. The number of nitrogens with two attached hydrogens (primary N) is 1. The van der Waals surface area contributed by atoms with Crippen molar-refractivity contribution in [2.24, 2.45) is 5.73 Å². The zero-order valence-corrected chi connectivity index (χ0v) is 22.2. The number of carbonyl (C=O) groups excluding carboxylic acids is 1. The molecule has 1 fully saturated rings. The summed E-state index contributed by atoms with van der Waals surface area (Å²) in [5.74, 6) is -0.322. The van der Waals surface area contributed by atoms with Crippen LogP contribution in [0.1, 0.15) is 41.5 Å². The Labute approximate surface area is 220 Å². The van der Waals surface area contributed by atoms with E-state index in [1.165, 1.54) is 12.1 Å². The van der Waals surface area contributed by atoms with Crippen LogP contribution in [0.2, 0.25) is 0 Å². The van der Waals surface area contributed by atoms with Gasteiger partial charge in [0.25, 0.3) is 5.91 Å². The van der Waals surface area contributed by atoms with Crippen molar-refractivity contribution in [2.75, 3.05) is 36.5 Å². The van der Waals surface area contributed by atoms with Gasteiger partial charge in [-0.25, -0.2) is 9.37 Å². The van der Waals surface area contributed by atoms with E-state index in [0.29, 0.717) is 40.0 Å². The van der Waals surface area contributed by atoms with Crippen LogP contribution in [0.25, 0.3) is 10.4 Å². The van der Waals surface area contributed by atoms with E-state index in [9.17, 15) is 28.5 Å². The number of rotatable bonds is 8. The molecular formula is C25H31FN4O5S2. The van der Waals surface area contributed by atoms with Crippen LogP contribution in [0, 0.1) is 5.82 Å². The SMILES string of the molecule is CC(C)(O)c1ccc(-c2cc(C(N)=O)c(Nc3cccc(C(CO)N4CCS(O)(O)CC4)n3)s2)c(F)c1. The largest absolute Gasteiger partial charge is 0.394 e. The Bertz CT molecular complexity index is 1280. The minimum Gasteiger partial charge on any atom is -0.394 e. The average Bonchev–Trinajstić information content (AvgIpc) is 3.24. The summed E-state index contributed by atoms with van der Waals surface area (Å²) in [5, 5.41) is 23.7. The molecule has 1 saturated heterocycles. The van der Waals surface area contributed by atoms with Gasteiger partial charge in [-0.3, -0.25) is 18.8 Å². The third-order valence-electron chi connectivity index (χ3n) is 6.32. The number of carbonyl (C=O) groups is 1. The fraction of sp³-hybridized carbons (Fsp3) is 0.360. The number of halogens is 1. The lowest BCUT2D eigenvalue weighted by Crippen LogP contribution is -2.42. The molecule has 4 rings (SSSR count). The molecule has 200 valence electrons. The summed E-state index contributed by atoms with van der Waals surface area (Å²) < 4.78 is 34.7. The molecular weight excluding hydrogens is 519 g/mol. The van der Waals surface area contributed by atoms with Crippen molar-refractivity contribution in [1.82, 2.24) is 9.88 Å². The predicted octanol–water partition coefficient (Wildman–Crippen LogP) is 4.12. The number of aliphatic hydroxyl groups is 2. The standard InChI is InChI=1S/C25H31FN4O5S2/c1-25(2,33)15-6-7-16(18(26)12-15)21-13-17(23(27)32)24(36-21)29-22-5-3-4-19(28-22)20(14-31)30-8-10-37(34,35)11-9-30/h3-7,12-13,20,31,33-35H,8-11,14H2,1-2H3,(H2,27,32)(H,28,29). The van der Waals surface area contributed by atoms with Crippen molar-refractivity contribution in [2.45, 2.75) is 25.5 Å². The molecule has 1 unspecified atom stereocenters. The summed E-state index contributed by atoms with van der Waals surface area (Å²) in [7, 11) is -2.57. The molecule has 0 saturated carbocycles. The number of pyridine rings is 1. The highest BCUT2D eigenvalue weighted by Gasteiger charge is 2.29. The van der Waals surface area contributed by atoms with Crippen LogP contribution in [-0.4, -0.2) is 66.3 Å². The number of benzene rings is 1. The number of nitrogens with zero attached hydrogens (tertiary/aromatic N) is 2. The van der Waals surface area contributed by atoms with Crippen LogP contribution < -0.4 is 11.1 Å². The van der Waals surface area contributed by atoms with Gasteiger partial charge in [0.2, 0.25) is 0 Å². The second-order valence-electron chi connectivity index (χ2n) is 9.49. The Morgan fingerprint density at radius 2 is 1.95 bits per heavy atom. The van der Waals surface area contributed by atoms with E-state index in [2.05, 4.69) is 10.3 Å². The summed E-state index contributed by atoms with van der Waals surface area (Å²) in [6.45, 7) is 3.78. The summed E-state index contributed by atoms with van der Waals surface area (Å²) in [4.78, 5) is 19.2. The molecule has 37 heavy (non-hydrogen) atoms. The fourth-order valence-corrected chi connectivity index (χ4v) is 6.52. The predicted molar refractivity (Wildman–Crippen MR) is 145 cm³/mol. The van der Waals surface area contributed by atoms with Gasteiger partial charge in [0.1, 0.15) is 16.6 Å². The van der Waals surface area contributed by atoms with Crippen molar-refractivity contribution in [3.63, 3.8) is 0 Å². The van der Waals surface area contributed by atoms with Crippen molar-refractivity contribution in [3.8, 4) is 10.4 Å². The summed E-state index contributed by atoms with van der Waals surface area (Å²) in [6, 6.07) is 10.8. The first kappa shape index (κ1) is 27.5. The maximum Gasteiger partial charge on any atom is 0.251 e. The third-order valence-corrected chi connectivity index (χ3v) is 9.07. The molecule has 1 aliphatic heterocycles. The van der Waals surface area contributed by atoms with Crippen LogP contribution in [0.15, 0.2) is 42.5 Å². The number of aliphatic hydroxyl groups excluding tert-OH is 1. The quantitative estimate of drug-likeness (QED) is 0.245. The van der Waals surface area contributed by atoms with E-state index >= 15 is 0 Å². The minimum absolute atomic E-state index is 0.179. The number of hydrogen-bond acceptors (Lipinski definition) is 9. The Kier molecular flexibility index (Phi) is 7.91. The monoisotopic (exact) mass is 550 g/mol. The molecule has 3 aromatic rings. The lowest BCUT2D eigenvalue weighted by atomic mass is 9.96. The highest BCUT2D eigenvalue weighted by molar-refractivity contribution is 8.24. The molecule has 3 heterocycles. The van der Waals surface area contributed by atoms with Crippen LogP contribution in [0.3, 0.4) is 0 Å². The van der Waals surface area contributed by atoms with Gasteiger partial charge in [0.15, 0.2) is 0 Å². The van der Waals surface area contributed by atoms with E-state index < -0.39 is 34.0 Å². The van der Waals surface area contributed by atoms with Gasteiger partial charge in [0, 0.05) is 23.5 Å². The number of aromatic nitrogens is 1. The second-order valence-corrected chi connectivity index (χ2v) is 13.0. The molecule has 0 bridgehead atoms. The Morgan fingerprint density at radius 3 is 2.54 bits per heavy atom. The molecule has 7 N–H and O–H groups in total. The maximum atomic E-state index is 14.9. The lowest BCUT2D eigenvalue weighted by Gasteiger charge is -2.43. The first-order chi connectivity index (χ1) is 17.4. The highest BCUT2D eigenvalue weighted by Crippen LogP contribution is 2.42. The van der Waals surface area contributed by atoms with Crippen LogP contribution in [-0.2, 0) is 5.60 Å². The summed E-state index contributed by atoms with van der Waals surface area (Å²) in [6.07, 6.45) is 0. The first-order valence-corrected chi connectivity index (χ1v) is 14.4. The molecule has 1 aliphatic rings. The van der Waals surface area contributed by atoms with Gasteiger partial charge >= 0.3 is 0 Å². The van der Waals surface area contributed by atoms with E-state index in [-0.39, 0.29) is 29.2 Å². The number of hydrogen-bond donors (Lipinski definition) is 6. The van der Waals surface area contributed by atoms with E-state index in [1.54, 1.807) is 44.2 Å². The number of primary amides is 1. The molecule has 12 heteroatoms. The zero-order valence-electron chi connectivity index (χ0n) is 20.5. The van der Waals surface area contributed by atoms with E-state index in [4.69, 9.17) is 5.73 Å². The maximum absolute atomic E-state index is 14.9. The van der Waals surface area contributed by atoms with Crippen LogP contribution >= 0.6 is 21.9 Å². The van der Waals surface area contributed by atoms with Crippen molar-refractivity contribution in [3.05, 3.63) is 65.1 Å². The molecule has 1 atom stereocenters. The van der Waals surface area contributed by atoms with Gasteiger partial charge in [-0.15, -0.1) is 11.3 Å². The van der Waals surface area contributed by atoms with E-state index in [0.717, 1.165) is 11.3 Å². The molecule has 0 aliphatic carbocycles. The first-order valence-electron chi connectivity index (χ1n) is 11.7. The highest BCUT2D eigenvalue weighted by atomic mass is 32.3. The summed E-state index contributed by atoms with van der Waals surface area (Å²) >= 11 is 1.14. The molecule has 9 nitrogen and oxygen atoms in total. The minimum atomic E-state index is -2.57. The van der Waals surface area contributed by atoms with Crippen molar-refractivity contribution in [1.29, 1.82) is 0 Å². The smallest absolute Gasteiger partial charge is 0.251 e. The van der Waals surface area contributed by atoms with Gasteiger partial charge in [-0.2, -0.15) is 10.6 Å². The molecule has 0 radical (unpaired) electrons. The number of nitrogens with one attached hydrogen (secondary N) is 1. The van der Waals surface area contributed by atoms with Crippen molar-refractivity contribution < 1.29 is 28.5 Å². The Morgan fingerprint density at radius 1 is 1.24 bits per heavy atom. The average molecular weight is 551 g/mol. The summed E-state index contributed by atoms with van der Waals surface area (Å²) in [5.41, 5.74) is 5.86. The second kappa shape index (κ2) is 10.7. The zero-order chi connectivity index (χ0) is 27.0. The van der Waals surface area contributed by atoms with Crippen LogP contribution in [0.5, 0.6) is 0 Å². The molecule has 1 aromatic carbocycles. The topological polar surface area (TPSA) is 152 Å². The van der Waals surface area contributed by atoms with Gasteiger partial charge < -0.3 is 21.3 Å². The lowest BCUT2D eigenvalue weighted by molar-refractivity contribution is 0.0782. The van der Waals surface area contributed by atoms with E-state index in [1.807, 2.05) is 4.90 Å². The fourth-order valence-electron chi connectivity index (χ4n) is 4.17. The Balaban J connectivity index is 1.60. The molecule has 2 aromatic heterocycles. The van der Waals surface area contributed by atoms with Gasteiger partial charge in [0.05, 0.1) is 41.0 Å². The number of thiophene rings is 1. The van der Waals surface area contributed by atoms with Crippen LogP contribution in [0.4, 0.5) is 15.2 Å². The van der Waals surface area contributed by atoms with Gasteiger partial charge in [-0.05, 0) is 43.7 Å². The number of anilines is 2. The normalized spacial score (nSPS) is 17.8. The number of amides is 1. The molecule has 0 spiro atoms. The molecule has 1 amide bonds. The van der Waals surface area contributed by atoms with Gasteiger partial charge in [-0.1, -0.05) is 18.2 Å².